The molecule has 0 bridgehead atoms. The van der Waals surface area contributed by atoms with E-state index in [1.54, 1.807) is 6.92 Å². The average Bonchev–Trinajstić information content (AvgIpc) is 2.86. The Labute approximate surface area is 93.7 Å². The highest BCUT2D eigenvalue weighted by atomic mass is 16.1. The monoisotopic (exact) mass is 218 g/mol. The first-order valence-electron chi connectivity index (χ1n) is 5.25. The largest absolute Gasteiger partial charge is 0.337 e. The van der Waals surface area contributed by atoms with Gasteiger partial charge >= 0.3 is 0 Å². The van der Waals surface area contributed by atoms with Crippen molar-refractivity contribution in [3.05, 3.63) is 36.2 Å². The van der Waals surface area contributed by atoms with Crippen LogP contribution in [0.2, 0.25) is 0 Å². The molecule has 0 radical (unpaired) electrons. The van der Waals surface area contributed by atoms with Crippen molar-refractivity contribution in [2.75, 3.05) is 0 Å². The van der Waals surface area contributed by atoms with Crippen LogP contribution in [0.3, 0.4) is 0 Å². The van der Waals surface area contributed by atoms with Gasteiger partial charge in [-0.25, -0.2) is 9.67 Å². The molecule has 2 aromatic rings. The van der Waals surface area contributed by atoms with Gasteiger partial charge in [0.05, 0.1) is 12.2 Å². The summed E-state index contributed by atoms with van der Waals surface area (Å²) in [6.45, 7) is 4.94. The van der Waals surface area contributed by atoms with Crippen LogP contribution in [0.25, 0.3) is 0 Å². The number of Topliss-reactive ketones (excluding diaryl/α,β-unsaturated/α-hetero) is 1. The van der Waals surface area contributed by atoms with Gasteiger partial charge in [0.25, 0.3) is 0 Å². The molecule has 2 heterocycles. The number of ketones is 1. The second kappa shape index (κ2) is 4.30. The van der Waals surface area contributed by atoms with Gasteiger partial charge in [-0.3, -0.25) is 4.79 Å². The maximum atomic E-state index is 11.3. The Morgan fingerprint density at radius 3 is 3.00 bits per heavy atom. The van der Waals surface area contributed by atoms with E-state index >= 15 is 0 Å². The van der Waals surface area contributed by atoms with Crippen LogP contribution < -0.4 is 0 Å². The Bertz CT molecular complexity index is 498. The minimum absolute atomic E-state index is 0.0626. The summed E-state index contributed by atoms with van der Waals surface area (Å²) < 4.78 is 3.71. The highest BCUT2D eigenvalue weighted by molar-refractivity contribution is 5.92. The Kier molecular flexibility index (Phi) is 2.85. The molecule has 2 aromatic heterocycles. The number of carbonyl (C=O) groups is 1. The van der Waals surface area contributed by atoms with Gasteiger partial charge in [0, 0.05) is 19.7 Å². The average molecular weight is 218 g/mol. The van der Waals surface area contributed by atoms with Crippen LogP contribution in [0, 0.1) is 0 Å². The van der Waals surface area contributed by atoms with Crippen molar-refractivity contribution in [2.45, 2.75) is 26.9 Å². The van der Waals surface area contributed by atoms with Crippen molar-refractivity contribution in [3.8, 4) is 0 Å². The summed E-state index contributed by atoms with van der Waals surface area (Å²) in [4.78, 5) is 15.5. The number of nitrogens with zero attached hydrogens (tertiary/aromatic N) is 4. The predicted octanol–water partition coefficient (Wildman–Crippen LogP) is 1.35. The second-order valence-corrected chi connectivity index (χ2v) is 3.57. The molecule has 16 heavy (non-hydrogen) atoms. The van der Waals surface area contributed by atoms with Crippen molar-refractivity contribution >= 4 is 5.78 Å². The maximum absolute atomic E-state index is 11.3. The first kappa shape index (κ1) is 10.6. The molecule has 0 atom stereocenters. The Morgan fingerprint density at radius 2 is 2.31 bits per heavy atom. The van der Waals surface area contributed by atoms with Gasteiger partial charge in [-0.1, -0.05) is 0 Å². The van der Waals surface area contributed by atoms with Crippen molar-refractivity contribution < 1.29 is 4.79 Å². The van der Waals surface area contributed by atoms with Gasteiger partial charge in [0.1, 0.15) is 12.2 Å². The van der Waals surface area contributed by atoms with Gasteiger partial charge < -0.3 is 4.57 Å². The van der Waals surface area contributed by atoms with Crippen LogP contribution in [0.1, 0.15) is 30.2 Å². The van der Waals surface area contributed by atoms with Crippen LogP contribution in [0.4, 0.5) is 0 Å². The zero-order valence-corrected chi connectivity index (χ0v) is 9.42. The van der Waals surface area contributed by atoms with Crippen LogP contribution in [-0.4, -0.2) is 25.1 Å². The summed E-state index contributed by atoms with van der Waals surface area (Å²) in [5, 5.41) is 4.10. The van der Waals surface area contributed by atoms with E-state index in [1.807, 2.05) is 34.5 Å². The van der Waals surface area contributed by atoms with Crippen LogP contribution in [0.15, 0.2) is 24.7 Å². The zero-order chi connectivity index (χ0) is 11.5. The van der Waals surface area contributed by atoms with Gasteiger partial charge in [0.15, 0.2) is 5.78 Å². The van der Waals surface area contributed by atoms with E-state index in [0.717, 1.165) is 12.4 Å². The van der Waals surface area contributed by atoms with E-state index in [1.165, 1.54) is 6.33 Å². The summed E-state index contributed by atoms with van der Waals surface area (Å²) in [5.74, 6) is 0.925. The molecule has 5 heteroatoms. The minimum Gasteiger partial charge on any atom is -0.337 e. The normalized spacial score (nSPS) is 10.6. The van der Waals surface area contributed by atoms with E-state index < -0.39 is 0 Å². The van der Waals surface area contributed by atoms with Crippen LogP contribution >= 0.6 is 0 Å². The quantitative estimate of drug-likeness (QED) is 0.728. The lowest BCUT2D eigenvalue weighted by molar-refractivity contribution is 0.100. The molecule has 0 N–H and O–H groups in total. The first-order chi connectivity index (χ1) is 7.72. The molecule has 2 rings (SSSR count). The molecule has 0 spiro atoms. The lowest BCUT2D eigenvalue weighted by Gasteiger charge is -2.07. The van der Waals surface area contributed by atoms with E-state index in [-0.39, 0.29) is 5.78 Å². The van der Waals surface area contributed by atoms with Gasteiger partial charge in [-0.2, -0.15) is 5.10 Å². The molecule has 0 aliphatic carbocycles. The Balaban J connectivity index is 2.27. The van der Waals surface area contributed by atoms with E-state index in [2.05, 4.69) is 10.1 Å². The van der Waals surface area contributed by atoms with Gasteiger partial charge in [-0.05, 0) is 19.1 Å². The standard InChI is InChI=1S/C11H14N4O/c1-3-15-11(12-8-13-15)7-14-6-4-5-10(14)9(2)16/h4-6,8H,3,7H2,1-2H3. The molecule has 0 amide bonds. The van der Waals surface area contributed by atoms with E-state index in [9.17, 15) is 4.79 Å². The number of carbonyl (C=O) groups excluding carboxylic acids is 1. The minimum atomic E-state index is 0.0626. The molecule has 0 aliphatic rings. The lowest BCUT2D eigenvalue weighted by atomic mass is 10.3. The number of aromatic nitrogens is 4. The van der Waals surface area contributed by atoms with Gasteiger partial charge in [-0.15, -0.1) is 0 Å². The fourth-order valence-corrected chi connectivity index (χ4v) is 1.70. The Hall–Kier alpha value is -1.91. The lowest BCUT2D eigenvalue weighted by Crippen LogP contribution is -2.12. The Morgan fingerprint density at radius 1 is 1.50 bits per heavy atom. The fraction of sp³-hybridized carbons (Fsp3) is 0.364. The van der Waals surface area contributed by atoms with Crippen LogP contribution in [-0.2, 0) is 13.1 Å². The molecule has 0 saturated carbocycles. The topological polar surface area (TPSA) is 52.7 Å². The van der Waals surface area contributed by atoms with Crippen molar-refractivity contribution in [1.29, 1.82) is 0 Å². The molecule has 5 nitrogen and oxygen atoms in total. The third-order valence-electron chi connectivity index (χ3n) is 2.50. The molecule has 0 saturated heterocycles. The third kappa shape index (κ3) is 1.88. The molecular formula is C11H14N4O. The summed E-state index contributed by atoms with van der Waals surface area (Å²) in [6, 6.07) is 3.68. The number of aryl methyl sites for hydroxylation is 1. The zero-order valence-electron chi connectivity index (χ0n) is 9.42. The molecule has 0 unspecified atom stereocenters. The molecule has 0 aromatic carbocycles. The van der Waals surface area contributed by atoms with E-state index in [0.29, 0.717) is 12.2 Å². The number of hydrogen-bond donors (Lipinski definition) is 0. The third-order valence-corrected chi connectivity index (χ3v) is 2.50. The molecule has 84 valence electrons. The SMILES string of the molecule is CCn1ncnc1Cn1cccc1C(C)=O. The number of rotatable bonds is 4. The first-order valence-corrected chi connectivity index (χ1v) is 5.25. The summed E-state index contributed by atoms with van der Waals surface area (Å²) in [7, 11) is 0. The molecular weight excluding hydrogens is 204 g/mol. The highest BCUT2D eigenvalue weighted by Gasteiger charge is 2.09. The number of hydrogen-bond acceptors (Lipinski definition) is 3. The summed E-state index contributed by atoms with van der Waals surface area (Å²) in [5.41, 5.74) is 0.700. The molecule has 0 aliphatic heterocycles. The summed E-state index contributed by atoms with van der Waals surface area (Å²) in [6.07, 6.45) is 3.42. The van der Waals surface area contributed by atoms with Crippen molar-refractivity contribution in [1.82, 2.24) is 19.3 Å². The highest BCUT2D eigenvalue weighted by Crippen LogP contribution is 2.06. The van der Waals surface area contributed by atoms with Crippen molar-refractivity contribution in [2.24, 2.45) is 0 Å². The summed E-state index contributed by atoms with van der Waals surface area (Å²) >= 11 is 0. The fourth-order valence-electron chi connectivity index (χ4n) is 1.70. The second-order valence-electron chi connectivity index (χ2n) is 3.57. The van der Waals surface area contributed by atoms with Gasteiger partial charge in [0.2, 0.25) is 0 Å². The van der Waals surface area contributed by atoms with E-state index in [4.69, 9.17) is 0 Å². The molecule has 0 fully saturated rings. The maximum Gasteiger partial charge on any atom is 0.176 e. The smallest absolute Gasteiger partial charge is 0.176 e. The van der Waals surface area contributed by atoms with Crippen LogP contribution in [0.5, 0.6) is 0 Å². The van der Waals surface area contributed by atoms with Crippen molar-refractivity contribution in [3.63, 3.8) is 0 Å². The predicted molar refractivity (Wildman–Crippen MR) is 59.2 cm³/mol.